The highest BCUT2D eigenvalue weighted by atomic mass is 16.6. The van der Waals surface area contributed by atoms with Crippen LogP contribution in [-0.2, 0) is 14.3 Å². The molecule has 0 aliphatic heterocycles. The highest BCUT2D eigenvalue weighted by Gasteiger charge is 2.49. The van der Waals surface area contributed by atoms with Crippen LogP contribution in [0.5, 0.6) is 0 Å². The molecule has 4 nitrogen and oxygen atoms in total. The number of hydrogen-bond acceptors (Lipinski definition) is 4. The Labute approximate surface area is 159 Å². The third kappa shape index (κ3) is 3.85. The third-order valence-electron chi connectivity index (χ3n) is 4.81. The Morgan fingerprint density at radius 1 is 1.07 bits per heavy atom. The van der Waals surface area contributed by atoms with E-state index in [-0.39, 0.29) is 11.6 Å². The van der Waals surface area contributed by atoms with Gasteiger partial charge in [-0.25, -0.2) is 0 Å². The van der Waals surface area contributed by atoms with Crippen LogP contribution in [0.2, 0.25) is 0 Å². The zero-order chi connectivity index (χ0) is 19.7. The fourth-order valence-corrected chi connectivity index (χ4v) is 3.47. The first-order chi connectivity index (χ1) is 12.7. The maximum absolute atomic E-state index is 12.8. The summed E-state index contributed by atoms with van der Waals surface area (Å²) in [6, 6.07) is 13.2. The van der Waals surface area contributed by atoms with Crippen LogP contribution in [0.1, 0.15) is 50.4 Å². The van der Waals surface area contributed by atoms with Gasteiger partial charge in [-0.2, -0.15) is 0 Å². The summed E-state index contributed by atoms with van der Waals surface area (Å²) in [5, 5.41) is 1.81. The summed E-state index contributed by atoms with van der Waals surface area (Å²) in [7, 11) is 0. The average molecular weight is 364 g/mol. The summed E-state index contributed by atoms with van der Waals surface area (Å²) in [6.07, 6.45) is 4.13. The maximum Gasteiger partial charge on any atom is 0.324 e. The molecule has 1 aliphatic rings. The normalized spacial score (nSPS) is 20.3. The lowest BCUT2D eigenvalue weighted by Crippen LogP contribution is -2.39. The van der Waals surface area contributed by atoms with E-state index in [4.69, 9.17) is 4.74 Å². The molecule has 4 heteroatoms. The van der Waals surface area contributed by atoms with Crippen molar-refractivity contribution in [1.29, 1.82) is 0 Å². The smallest absolute Gasteiger partial charge is 0.324 e. The van der Waals surface area contributed by atoms with Gasteiger partial charge < -0.3 is 4.74 Å². The zero-order valence-corrected chi connectivity index (χ0v) is 16.0. The SMILES string of the molecule is CC(C)(C)OC(=O)[C@]1(/C=C\C(=O)c2cccc3ccccc23)CCCC1=O. The minimum absolute atomic E-state index is 0.182. The van der Waals surface area contributed by atoms with Crippen LogP contribution >= 0.6 is 0 Å². The topological polar surface area (TPSA) is 60.4 Å². The monoisotopic (exact) mass is 364 g/mol. The molecule has 0 heterocycles. The number of carbonyl (C=O) groups is 3. The van der Waals surface area contributed by atoms with Crippen molar-refractivity contribution in [3.05, 3.63) is 60.2 Å². The highest BCUT2D eigenvalue weighted by molar-refractivity contribution is 6.15. The van der Waals surface area contributed by atoms with Crippen molar-refractivity contribution < 1.29 is 19.1 Å². The van der Waals surface area contributed by atoms with Gasteiger partial charge >= 0.3 is 5.97 Å². The van der Waals surface area contributed by atoms with E-state index in [1.165, 1.54) is 12.2 Å². The van der Waals surface area contributed by atoms with Crippen molar-refractivity contribution in [2.45, 2.75) is 45.6 Å². The van der Waals surface area contributed by atoms with Gasteiger partial charge in [0.05, 0.1) is 0 Å². The molecule has 140 valence electrons. The lowest BCUT2D eigenvalue weighted by molar-refractivity contribution is -0.166. The largest absolute Gasteiger partial charge is 0.459 e. The Morgan fingerprint density at radius 2 is 1.78 bits per heavy atom. The fourth-order valence-electron chi connectivity index (χ4n) is 3.47. The van der Waals surface area contributed by atoms with Crippen molar-refractivity contribution >= 4 is 28.3 Å². The molecular formula is C23H24O4. The van der Waals surface area contributed by atoms with Crippen molar-refractivity contribution in [1.82, 2.24) is 0 Å². The van der Waals surface area contributed by atoms with Crippen molar-refractivity contribution in [3.8, 4) is 0 Å². The van der Waals surface area contributed by atoms with Gasteiger partial charge in [0.1, 0.15) is 11.0 Å². The van der Waals surface area contributed by atoms with Gasteiger partial charge in [0, 0.05) is 12.0 Å². The molecule has 0 aromatic heterocycles. The van der Waals surface area contributed by atoms with Crippen molar-refractivity contribution in [2.24, 2.45) is 5.41 Å². The van der Waals surface area contributed by atoms with E-state index in [0.717, 1.165) is 10.8 Å². The second-order valence-corrected chi connectivity index (χ2v) is 7.97. The number of benzene rings is 2. The first kappa shape index (κ1) is 19.0. The first-order valence-corrected chi connectivity index (χ1v) is 9.21. The Balaban J connectivity index is 1.94. The molecule has 27 heavy (non-hydrogen) atoms. The van der Waals surface area contributed by atoms with Crippen LogP contribution in [-0.4, -0.2) is 23.1 Å². The summed E-state index contributed by atoms with van der Waals surface area (Å²) in [5.41, 5.74) is -1.50. The molecule has 0 radical (unpaired) electrons. The maximum atomic E-state index is 12.8. The van der Waals surface area contributed by atoms with E-state index < -0.39 is 17.0 Å². The Hall–Kier alpha value is -2.75. The second kappa shape index (κ2) is 7.10. The minimum Gasteiger partial charge on any atom is -0.459 e. The van der Waals surface area contributed by atoms with Crippen LogP contribution in [0.25, 0.3) is 10.8 Å². The van der Waals surface area contributed by atoms with Gasteiger partial charge in [-0.15, -0.1) is 0 Å². The molecule has 1 fully saturated rings. The van der Waals surface area contributed by atoms with E-state index in [2.05, 4.69) is 0 Å². The number of fused-ring (bicyclic) bond motifs is 1. The van der Waals surface area contributed by atoms with Gasteiger partial charge in [-0.3, -0.25) is 14.4 Å². The molecule has 0 bridgehead atoms. The van der Waals surface area contributed by atoms with Crippen molar-refractivity contribution in [3.63, 3.8) is 0 Å². The third-order valence-corrected chi connectivity index (χ3v) is 4.81. The Bertz CT molecular complexity index is 928. The van der Waals surface area contributed by atoms with E-state index in [0.29, 0.717) is 24.8 Å². The summed E-state index contributed by atoms with van der Waals surface area (Å²) in [4.78, 5) is 38.1. The average Bonchev–Trinajstić information content (AvgIpc) is 2.99. The molecule has 0 saturated heterocycles. The van der Waals surface area contributed by atoms with Crippen LogP contribution in [0.15, 0.2) is 54.6 Å². The predicted octanol–water partition coefficient (Wildman–Crippen LogP) is 4.66. The first-order valence-electron chi connectivity index (χ1n) is 9.21. The predicted molar refractivity (Wildman–Crippen MR) is 105 cm³/mol. The van der Waals surface area contributed by atoms with Gasteiger partial charge in [-0.1, -0.05) is 48.5 Å². The van der Waals surface area contributed by atoms with Gasteiger partial charge in [0.2, 0.25) is 0 Å². The number of carbonyl (C=O) groups excluding carboxylic acids is 3. The van der Waals surface area contributed by atoms with E-state index >= 15 is 0 Å². The Morgan fingerprint density at radius 3 is 2.44 bits per heavy atom. The van der Waals surface area contributed by atoms with Crippen LogP contribution < -0.4 is 0 Å². The number of ketones is 2. The van der Waals surface area contributed by atoms with Crippen molar-refractivity contribution in [2.75, 3.05) is 0 Å². The number of hydrogen-bond donors (Lipinski definition) is 0. The summed E-state index contributed by atoms with van der Waals surface area (Å²) >= 11 is 0. The molecule has 1 atom stereocenters. The van der Waals surface area contributed by atoms with Crippen LogP contribution in [0, 0.1) is 5.41 Å². The molecule has 0 unspecified atom stereocenters. The second-order valence-electron chi connectivity index (χ2n) is 7.97. The zero-order valence-electron chi connectivity index (χ0n) is 16.0. The molecule has 1 saturated carbocycles. The molecule has 1 aliphatic carbocycles. The number of allylic oxidation sites excluding steroid dienone is 1. The van der Waals surface area contributed by atoms with E-state index in [1.54, 1.807) is 26.8 Å². The molecule has 0 N–H and O–H groups in total. The molecular weight excluding hydrogens is 340 g/mol. The number of ether oxygens (including phenoxy) is 1. The van der Waals surface area contributed by atoms with Gasteiger partial charge in [0.15, 0.2) is 11.6 Å². The van der Waals surface area contributed by atoms with Gasteiger partial charge in [0.25, 0.3) is 0 Å². The van der Waals surface area contributed by atoms with E-state index in [1.807, 2.05) is 36.4 Å². The quantitative estimate of drug-likeness (QED) is 0.343. The lowest BCUT2D eigenvalue weighted by atomic mass is 9.84. The molecule has 0 spiro atoms. The summed E-state index contributed by atoms with van der Waals surface area (Å²) < 4.78 is 5.48. The van der Waals surface area contributed by atoms with Crippen LogP contribution in [0.3, 0.4) is 0 Å². The number of Topliss-reactive ketones (excluding diaryl/α,β-unsaturated/α-hetero) is 1. The number of esters is 1. The van der Waals surface area contributed by atoms with Gasteiger partial charge in [-0.05, 0) is 50.5 Å². The molecule has 2 aromatic rings. The summed E-state index contributed by atoms with van der Waals surface area (Å²) in [5.74, 6) is -0.979. The highest BCUT2D eigenvalue weighted by Crippen LogP contribution is 2.39. The van der Waals surface area contributed by atoms with E-state index in [9.17, 15) is 14.4 Å². The molecule has 0 amide bonds. The number of rotatable bonds is 4. The molecule has 3 rings (SSSR count). The standard InChI is InChI=1S/C23H24O4/c1-22(2,3)27-21(26)23(14-7-12-20(23)25)15-13-19(24)18-11-6-9-16-8-4-5-10-17(16)18/h4-6,8-11,13,15H,7,12,14H2,1-3H3/b15-13-/t23-/m0/s1. The Kier molecular flexibility index (Phi) is 5.01. The lowest BCUT2D eigenvalue weighted by Gasteiger charge is -2.27. The van der Waals surface area contributed by atoms with Crippen LogP contribution in [0.4, 0.5) is 0 Å². The summed E-state index contributed by atoms with van der Waals surface area (Å²) in [6.45, 7) is 5.30. The fraction of sp³-hybridized carbons (Fsp3) is 0.348. The molecule has 2 aromatic carbocycles. The minimum atomic E-state index is -1.35.